The number of fused-ring (bicyclic) bond motifs is 9. The van der Waals surface area contributed by atoms with Crippen LogP contribution in [0.5, 0.6) is 0 Å². The van der Waals surface area contributed by atoms with E-state index in [1.165, 1.54) is 10.8 Å². The first-order valence-corrected chi connectivity index (χ1v) is 18.3. The Morgan fingerprint density at radius 2 is 0.745 bits per heavy atom. The van der Waals surface area contributed by atoms with E-state index < -0.39 is 0 Å². The van der Waals surface area contributed by atoms with Gasteiger partial charge in [0.2, 0.25) is 0 Å². The maximum Gasteiger partial charge on any atom is 0.0992 e. The number of para-hydroxylation sites is 4. The van der Waals surface area contributed by atoms with Crippen molar-refractivity contribution in [3.8, 4) is 40.3 Å². The Morgan fingerprint density at radius 3 is 1.33 bits per heavy atom. The highest BCUT2D eigenvalue weighted by Gasteiger charge is 2.18. The third-order valence-corrected chi connectivity index (χ3v) is 11.0. The fourth-order valence-corrected chi connectivity index (χ4v) is 8.69. The molecule has 3 heterocycles. The topological polar surface area (TPSA) is 62.4 Å². The van der Waals surface area contributed by atoms with Crippen molar-refractivity contribution >= 4 is 65.4 Å². The minimum absolute atomic E-state index is 0.581. The molecule has 254 valence electrons. The van der Waals surface area contributed by atoms with Gasteiger partial charge in [0.1, 0.15) is 0 Å². The summed E-state index contributed by atoms with van der Waals surface area (Å²) in [4.78, 5) is 0. The van der Waals surface area contributed by atoms with Gasteiger partial charge in [-0.05, 0) is 90.0 Å². The van der Waals surface area contributed by atoms with Gasteiger partial charge in [-0.25, -0.2) is 0 Å². The van der Waals surface area contributed by atoms with Crippen LogP contribution in [0.2, 0.25) is 0 Å². The minimum Gasteiger partial charge on any atom is -0.309 e. The summed E-state index contributed by atoms with van der Waals surface area (Å²) < 4.78 is 6.88. The molecule has 5 heteroatoms. The Kier molecular flexibility index (Phi) is 6.61. The van der Waals surface area contributed by atoms with Crippen LogP contribution in [-0.4, -0.2) is 13.7 Å². The van der Waals surface area contributed by atoms with E-state index in [1.807, 2.05) is 36.4 Å². The van der Waals surface area contributed by atoms with Gasteiger partial charge in [0.25, 0.3) is 0 Å². The largest absolute Gasteiger partial charge is 0.309 e. The van der Waals surface area contributed by atoms with Gasteiger partial charge >= 0.3 is 0 Å². The van der Waals surface area contributed by atoms with E-state index in [1.54, 1.807) is 0 Å². The molecule has 0 saturated carbocycles. The molecule has 5 nitrogen and oxygen atoms in total. The first-order chi connectivity index (χ1) is 27.2. The zero-order valence-corrected chi connectivity index (χ0v) is 29.5. The van der Waals surface area contributed by atoms with Crippen molar-refractivity contribution in [3.63, 3.8) is 0 Å². The summed E-state index contributed by atoms with van der Waals surface area (Å²) in [5, 5.41) is 27.2. The molecule has 3 aromatic heterocycles. The van der Waals surface area contributed by atoms with E-state index in [-0.39, 0.29) is 0 Å². The highest BCUT2D eigenvalue weighted by atomic mass is 15.0. The lowest BCUT2D eigenvalue weighted by Crippen LogP contribution is -1.98. The predicted molar refractivity (Wildman–Crippen MR) is 224 cm³/mol. The van der Waals surface area contributed by atoms with Gasteiger partial charge in [-0.15, -0.1) is 0 Å². The fraction of sp³-hybridized carbons (Fsp3) is 0. The van der Waals surface area contributed by atoms with Crippen molar-refractivity contribution in [1.29, 1.82) is 10.5 Å². The van der Waals surface area contributed by atoms with E-state index in [9.17, 15) is 10.5 Å². The Balaban J connectivity index is 1.13. The normalized spacial score (nSPS) is 11.6. The smallest absolute Gasteiger partial charge is 0.0992 e. The van der Waals surface area contributed by atoms with Crippen LogP contribution >= 0.6 is 0 Å². The Labute approximate surface area is 316 Å². The van der Waals surface area contributed by atoms with E-state index >= 15 is 0 Å². The summed E-state index contributed by atoms with van der Waals surface area (Å²) in [6.45, 7) is 0. The number of benzene rings is 8. The van der Waals surface area contributed by atoms with Crippen LogP contribution in [0.4, 0.5) is 0 Å². The molecule has 11 aromatic rings. The summed E-state index contributed by atoms with van der Waals surface area (Å²) in [6, 6.07) is 66.0. The van der Waals surface area contributed by atoms with Crippen LogP contribution in [0.25, 0.3) is 93.6 Å². The number of aromatic nitrogens is 3. The van der Waals surface area contributed by atoms with Gasteiger partial charge in [-0.2, -0.15) is 10.5 Å². The molecule has 0 fully saturated rings. The van der Waals surface area contributed by atoms with Crippen LogP contribution in [0.3, 0.4) is 0 Å². The lowest BCUT2D eigenvalue weighted by Gasteiger charge is -2.14. The predicted octanol–water partition coefficient (Wildman–Crippen LogP) is 12.4. The summed E-state index contributed by atoms with van der Waals surface area (Å²) in [6.07, 6.45) is 0. The maximum atomic E-state index is 10.4. The molecule has 11 rings (SSSR count). The number of hydrogen-bond acceptors (Lipinski definition) is 2. The Morgan fingerprint density at radius 1 is 0.291 bits per heavy atom. The molecule has 0 saturated heterocycles. The van der Waals surface area contributed by atoms with Crippen molar-refractivity contribution in [3.05, 3.63) is 187 Å². The monoisotopic (exact) mass is 699 g/mol. The van der Waals surface area contributed by atoms with E-state index in [2.05, 4.69) is 165 Å². The van der Waals surface area contributed by atoms with Crippen LogP contribution in [0.15, 0.2) is 176 Å². The number of nitrogens with zero attached hydrogens (tertiary/aromatic N) is 5. The molecule has 0 aliphatic heterocycles. The maximum absolute atomic E-state index is 10.4. The van der Waals surface area contributed by atoms with Gasteiger partial charge in [0.05, 0.1) is 56.4 Å². The minimum atomic E-state index is 0.581. The molecule has 8 aromatic carbocycles. The van der Waals surface area contributed by atoms with E-state index in [0.717, 1.165) is 82.8 Å². The zero-order valence-electron chi connectivity index (χ0n) is 29.5. The lowest BCUT2D eigenvalue weighted by atomic mass is 10.0. The van der Waals surface area contributed by atoms with E-state index in [4.69, 9.17) is 0 Å². The summed E-state index contributed by atoms with van der Waals surface area (Å²) in [5.74, 6) is 0. The molecule has 0 aliphatic rings. The molecule has 0 unspecified atom stereocenters. The standard InChI is InChI=1S/C50H29N5/c51-30-32-20-22-43-41-14-3-7-18-47(41)54(49(43)26-32)36-11-9-10-34(27-36)35-24-33(31-52)25-38(28-35)55-48-19-8-4-15-42(48)44-23-21-37(29-50(44)55)53-45-16-5-1-12-39(45)40-13-2-6-17-46(40)53/h1-29H. The van der Waals surface area contributed by atoms with Gasteiger partial charge in [-0.1, -0.05) is 97.1 Å². The van der Waals surface area contributed by atoms with Crippen LogP contribution in [-0.2, 0) is 0 Å². The van der Waals surface area contributed by atoms with Crippen LogP contribution in [0.1, 0.15) is 11.1 Å². The summed E-state index contributed by atoms with van der Waals surface area (Å²) >= 11 is 0. The third kappa shape index (κ3) is 4.58. The molecular formula is C50H29N5. The third-order valence-electron chi connectivity index (χ3n) is 11.0. The summed E-state index contributed by atoms with van der Waals surface area (Å²) in [5.41, 5.74) is 12.6. The lowest BCUT2D eigenvalue weighted by molar-refractivity contribution is 1.15. The molecule has 55 heavy (non-hydrogen) atoms. The quantitative estimate of drug-likeness (QED) is 0.184. The summed E-state index contributed by atoms with van der Waals surface area (Å²) in [7, 11) is 0. The molecule has 0 radical (unpaired) electrons. The van der Waals surface area contributed by atoms with Crippen molar-refractivity contribution in [2.24, 2.45) is 0 Å². The number of rotatable bonds is 4. The second kappa shape index (κ2) is 11.8. The van der Waals surface area contributed by atoms with Crippen LogP contribution < -0.4 is 0 Å². The first-order valence-electron chi connectivity index (χ1n) is 18.3. The molecule has 0 spiro atoms. The highest BCUT2D eigenvalue weighted by Crippen LogP contribution is 2.39. The average Bonchev–Trinajstić information content (AvgIpc) is 3.88. The highest BCUT2D eigenvalue weighted by molar-refractivity contribution is 6.12. The average molecular weight is 700 g/mol. The SMILES string of the molecule is N#Cc1cc(-c2cccc(-n3c4ccccc4c4ccc(C#N)cc43)c2)cc(-n2c3ccccc3c3ccc(-n4c5ccccc5c5ccccc54)cc32)c1. The second-order valence-electron chi connectivity index (χ2n) is 14.1. The van der Waals surface area contributed by atoms with Crippen molar-refractivity contribution < 1.29 is 0 Å². The zero-order chi connectivity index (χ0) is 36.6. The van der Waals surface area contributed by atoms with Crippen molar-refractivity contribution in [2.75, 3.05) is 0 Å². The fourth-order valence-electron chi connectivity index (χ4n) is 8.69. The van der Waals surface area contributed by atoms with Crippen molar-refractivity contribution in [2.45, 2.75) is 0 Å². The molecule has 0 aliphatic carbocycles. The Bertz CT molecular complexity index is 3420. The number of hydrogen-bond donors (Lipinski definition) is 0. The molecule has 0 bridgehead atoms. The van der Waals surface area contributed by atoms with Gasteiger partial charge in [0.15, 0.2) is 0 Å². The van der Waals surface area contributed by atoms with Crippen molar-refractivity contribution in [1.82, 2.24) is 13.7 Å². The molecule has 0 atom stereocenters. The molecular weight excluding hydrogens is 671 g/mol. The van der Waals surface area contributed by atoms with Gasteiger partial charge in [0, 0.05) is 49.4 Å². The van der Waals surface area contributed by atoms with Crippen LogP contribution in [0, 0.1) is 22.7 Å². The van der Waals surface area contributed by atoms with E-state index in [0.29, 0.717) is 11.1 Å². The number of nitriles is 2. The van der Waals surface area contributed by atoms with Gasteiger partial charge in [-0.3, -0.25) is 0 Å². The van der Waals surface area contributed by atoms with Gasteiger partial charge < -0.3 is 13.7 Å². The second-order valence-corrected chi connectivity index (χ2v) is 14.1. The Hall–Kier alpha value is -7.86. The molecule has 0 N–H and O–H groups in total. The molecule has 0 amide bonds. The first kappa shape index (κ1) is 30.7.